The molecule has 1 atom stereocenters. The fourth-order valence-corrected chi connectivity index (χ4v) is 9.53. The number of carbonyl (C=O) groups is 3. The fraction of sp³-hybridized carbons (Fsp3) is 0.952. The second-order valence-electron chi connectivity index (χ2n) is 22.8. The van der Waals surface area contributed by atoms with Crippen molar-refractivity contribution in [1.82, 2.24) is 0 Å². The molecule has 68 heavy (non-hydrogen) atoms. The fourth-order valence-electron chi connectivity index (χ4n) is 9.53. The molecule has 0 fully saturated rings. The molecule has 0 spiro atoms. The molecular weight excluding hydrogens is 841 g/mol. The summed E-state index contributed by atoms with van der Waals surface area (Å²) in [6.45, 7) is 13.8. The van der Waals surface area contributed by atoms with Gasteiger partial charge in [0.2, 0.25) is 0 Å². The van der Waals surface area contributed by atoms with Crippen LogP contribution in [0.3, 0.4) is 0 Å². The zero-order chi connectivity index (χ0) is 49.8. The van der Waals surface area contributed by atoms with Gasteiger partial charge in [0, 0.05) is 19.3 Å². The van der Waals surface area contributed by atoms with Crippen LogP contribution in [-0.4, -0.2) is 37.2 Å². The summed E-state index contributed by atoms with van der Waals surface area (Å²) in [4.78, 5) is 38.2. The Balaban J connectivity index is 4.20. The smallest absolute Gasteiger partial charge is 0.306 e. The molecular formula is C62H120O6. The molecule has 0 aromatic carbocycles. The number of rotatable bonds is 55. The predicted molar refractivity (Wildman–Crippen MR) is 293 cm³/mol. The third-order valence-electron chi connectivity index (χ3n) is 14.1. The Morgan fingerprint density at radius 1 is 0.250 bits per heavy atom. The van der Waals surface area contributed by atoms with E-state index >= 15 is 0 Å². The quantitative estimate of drug-likeness (QED) is 0.0343. The van der Waals surface area contributed by atoms with E-state index in [1.54, 1.807) is 0 Å². The van der Waals surface area contributed by atoms with E-state index in [2.05, 4.69) is 41.5 Å². The monoisotopic (exact) mass is 961 g/mol. The first-order chi connectivity index (χ1) is 33.1. The highest BCUT2D eigenvalue weighted by Gasteiger charge is 2.19. The van der Waals surface area contributed by atoms with E-state index in [4.69, 9.17) is 14.2 Å². The number of unbranched alkanes of at least 4 members (excludes halogenated alkanes) is 38. The van der Waals surface area contributed by atoms with Gasteiger partial charge in [-0.3, -0.25) is 14.4 Å². The standard InChI is InChI=1S/C62H120O6/c1-56(2)48-42-36-30-25-21-17-13-9-7-8-10-15-19-23-27-33-39-45-51-60(63)66-54-59(55-67-61(64)52-46-40-35-29-32-38-44-50-58(5)6)68-62(65)53-47-41-34-28-24-20-16-12-11-14-18-22-26-31-37-43-49-57(3)4/h56-59H,7-55H2,1-6H3/t59-/m0/s1. The second-order valence-corrected chi connectivity index (χ2v) is 22.8. The molecule has 0 aliphatic heterocycles. The maximum Gasteiger partial charge on any atom is 0.306 e. The molecule has 0 unspecified atom stereocenters. The summed E-state index contributed by atoms with van der Waals surface area (Å²) in [7, 11) is 0. The Morgan fingerprint density at radius 2 is 0.426 bits per heavy atom. The van der Waals surface area contributed by atoms with Crippen molar-refractivity contribution in [2.45, 2.75) is 349 Å². The molecule has 0 aliphatic carbocycles. The molecule has 0 amide bonds. The molecule has 0 radical (unpaired) electrons. The highest BCUT2D eigenvalue weighted by Crippen LogP contribution is 2.19. The van der Waals surface area contributed by atoms with Crippen LogP contribution in [0.1, 0.15) is 343 Å². The van der Waals surface area contributed by atoms with Crippen LogP contribution < -0.4 is 0 Å². The van der Waals surface area contributed by atoms with Crippen molar-refractivity contribution < 1.29 is 28.6 Å². The van der Waals surface area contributed by atoms with Crippen molar-refractivity contribution in [3.05, 3.63) is 0 Å². The lowest BCUT2D eigenvalue weighted by molar-refractivity contribution is -0.167. The highest BCUT2D eigenvalue weighted by molar-refractivity contribution is 5.71. The molecule has 6 heteroatoms. The number of hydrogen-bond acceptors (Lipinski definition) is 6. The van der Waals surface area contributed by atoms with Crippen molar-refractivity contribution >= 4 is 17.9 Å². The van der Waals surface area contributed by atoms with Gasteiger partial charge in [-0.1, -0.05) is 305 Å². The molecule has 0 N–H and O–H groups in total. The average molecular weight is 962 g/mol. The summed E-state index contributed by atoms with van der Waals surface area (Å²) in [5.74, 6) is 1.65. The Morgan fingerprint density at radius 3 is 0.632 bits per heavy atom. The van der Waals surface area contributed by atoms with E-state index < -0.39 is 6.10 Å². The second kappa shape index (κ2) is 53.2. The van der Waals surface area contributed by atoms with Gasteiger partial charge >= 0.3 is 17.9 Å². The minimum Gasteiger partial charge on any atom is -0.462 e. The first-order valence-electron chi connectivity index (χ1n) is 30.6. The lowest BCUT2D eigenvalue weighted by Crippen LogP contribution is -2.30. The predicted octanol–water partition coefficient (Wildman–Crippen LogP) is 20.3. The average Bonchev–Trinajstić information content (AvgIpc) is 3.30. The van der Waals surface area contributed by atoms with E-state index in [-0.39, 0.29) is 31.1 Å². The summed E-state index contributed by atoms with van der Waals surface area (Å²) in [5, 5.41) is 0. The molecule has 0 rings (SSSR count). The van der Waals surface area contributed by atoms with Crippen LogP contribution >= 0.6 is 0 Å². The van der Waals surface area contributed by atoms with Crippen molar-refractivity contribution in [2.24, 2.45) is 17.8 Å². The van der Waals surface area contributed by atoms with E-state index in [0.717, 1.165) is 75.5 Å². The normalized spacial score (nSPS) is 12.1. The number of carbonyl (C=O) groups excluding carboxylic acids is 3. The first-order valence-corrected chi connectivity index (χ1v) is 30.6. The zero-order valence-corrected chi connectivity index (χ0v) is 46.9. The van der Waals surface area contributed by atoms with Crippen molar-refractivity contribution in [3.8, 4) is 0 Å². The summed E-state index contributed by atoms with van der Waals surface area (Å²) in [6.07, 6.45) is 56.9. The van der Waals surface area contributed by atoms with E-state index in [0.29, 0.717) is 19.3 Å². The zero-order valence-electron chi connectivity index (χ0n) is 46.9. The van der Waals surface area contributed by atoms with Crippen LogP contribution in [0.5, 0.6) is 0 Å². The van der Waals surface area contributed by atoms with E-state index in [9.17, 15) is 14.4 Å². The van der Waals surface area contributed by atoms with Gasteiger partial charge in [0.05, 0.1) is 0 Å². The van der Waals surface area contributed by atoms with Crippen molar-refractivity contribution in [3.63, 3.8) is 0 Å². The van der Waals surface area contributed by atoms with Crippen LogP contribution in [0.15, 0.2) is 0 Å². The van der Waals surface area contributed by atoms with Crippen molar-refractivity contribution in [2.75, 3.05) is 13.2 Å². The minimum atomic E-state index is -0.764. The van der Waals surface area contributed by atoms with Gasteiger partial charge in [0.15, 0.2) is 6.10 Å². The number of hydrogen-bond donors (Lipinski definition) is 0. The van der Waals surface area contributed by atoms with Crippen LogP contribution in [0.2, 0.25) is 0 Å². The molecule has 0 saturated carbocycles. The van der Waals surface area contributed by atoms with Crippen molar-refractivity contribution in [1.29, 1.82) is 0 Å². The number of esters is 3. The Hall–Kier alpha value is -1.59. The highest BCUT2D eigenvalue weighted by atomic mass is 16.6. The molecule has 0 bridgehead atoms. The first kappa shape index (κ1) is 66.4. The molecule has 0 aromatic heterocycles. The Labute approximate surface area is 425 Å². The van der Waals surface area contributed by atoms with Gasteiger partial charge in [-0.2, -0.15) is 0 Å². The van der Waals surface area contributed by atoms with Gasteiger partial charge in [-0.05, 0) is 37.0 Å². The van der Waals surface area contributed by atoms with Gasteiger partial charge < -0.3 is 14.2 Å². The van der Waals surface area contributed by atoms with Crippen LogP contribution in [0.25, 0.3) is 0 Å². The van der Waals surface area contributed by atoms with Gasteiger partial charge in [-0.25, -0.2) is 0 Å². The summed E-state index contributed by atoms with van der Waals surface area (Å²) < 4.78 is 16.9. The lowest BCUT2D eigenvalue weighted by Gasteiger charge is -2.18. The SMILES string of the molecule is CC(C)CCCCCCCCCCCCCCCCCCCCC(=O)OC[C@@H](COC(=O)CCCCCCCCCC(C)C)OC(=O)CCCCCCCCCCCCCCCCCCC(C)C. The maximum absolute atomic E-state index is 12.9. The van der Waals surface area contributed by atoms with Crippen LogP contribution in [0, 0.1) is 17.8 Å². The molecule has 0 aliphatic rings. The minimum absolute atomic E-state index is 0.0636. The van der Waals surface area contributed by atoms with Crippen LogP contribution in [0.4, 0.5) is 0 Å². The summed E-state index contributed by atoms with van der Waals surface area (Å²) >= 11 is 0. The van der Waals surface area contributed by atoms with Crippen LogP contribution in [-0.2, 0) is 28.6 Å². The summed E-state index contributed by atoms with van der Waals surface area (Å²) in [6, 6.07) is 0. The van der Waals surface area contributed by atoms with Gasteiger partial charge in [0.25, 0.3) is 0 Å². The van der Waals surface area contributed by atoms with E-state index in [1.807, 2.05) is 0 Å². The maximum atomic E-state index is 12.9. The molecule has 6 nitrogen and oxygen atoms in total. The third-order valence-corrected chi connectivity index (χ3v) is 14.1. The molecule has 404 valence electrons. The summed E-state index contributed by atoms with van der Waals surface area (Å²) in [5.41, 5.74) is 0. The van der Waals surface area contributed by atoms with Gasteiger partial charge in [-0.15, -0.1) is 0 Å². The third kappa shape index (κ3) is 55.3. The molecule has 0 saturated heterocycles. The Kier molecular flexibility index (Phi) is 52.0. The van der Waals surface area contributed by atoms with E-state index in [1.165, 1.54) is 225 Å². The Bertz CT molecular complexity index is 1050. The number of ether oxygens (including phenoxy) is 3. The molecule has 0 aromatic rings. The van der Waals surface area contributed by atoms with Gasteiger partial charge in [0.1, 0.15) is 13.2 Å². The topological polar surface area (TPSA) is 78.9 Å². The lowest BCUT2D eigenvalue weighted by atomic mass is 10.0. The molecule has 0 heterocycles. The largest absolute Gasteiger partial charge is 0.462 e.